The van der Waals surface area contributed by atoms with Gasteiger partial charge in [-0.2, -0.15) is 0 Å². The van der Waals surface area contributed by atoms with Crippen molar-refractivity contribution in [3.8, 4) is 0 Å². The van der Waals surface area contributed by atoms with E-state index >= 15 is 0 Å². The number of guanidine groups is 1. The third-order valence-corrected chi connectivity index (χ3v) is 4.05. The summed E-state index contributed by atoms with van der Waals surface area (Å²) in [4.78, 5) is 4.43. The smallest absolute Gasteiger partial charge is 0.193 e. The van der Waals surface area contributed by atoms with Crippen LogP contribution in [-0.4, -0.2) is 5.96 Å². The van der Waals surface area contributed by atoms with Crippen LogP contribution in [0, 0.1) is 6.92 Å². The molecule has 0 spiro atoms. The highest BCUT2D eigenvalue weighted by atomic mass is 15.1. The number of anilines is 1. The molecule has 0 aliphatic heterocycles. The Morgan fingerprint density at radius 2 is 1.95 bits per heavy atom. The Kier molecular flexibility index (Phi) is 3.91. The second-order valence-electron chi connectivity index (χ2n) is 5.59. The maximum Gasteiger partial charge on any atom is 0.193 e. The quantitative estimate of drug-likeness (QED) is 0.668. The van der Waals surface area contributed by atoms with Gasteiger partial charge < -0.3 is 11.1 Å². The number of aliphatic imine (C=N–C) groups is 1. The van der Waals surface area contributed by atoms with Crippen LogP contribution >= 0.6 is 0 Å². The zero-order valence-electron chi connectivity index (χ0n) is 12.4. The summed E-state index contributed by atoms with van der Waals surface area (Å²) >= 11 is 0. The second kappa shape index (κ2) is 6.00. The predicted octanol–water partition coefficient (Wildman–Crippen LogP) is 3.41. The molecule has 3 N–H and O–H groups in total. The standard InChI is InChI=1S/C18H21N3/c1-13-5-2-3-6-16(13)12-20-18(19)21-17-10-9-14-7-4-8-15(14)11-17/h2-3,5-6,9-11H,4,7-8,12H2,1H3,(H3,19,20,21). The molecular formula is C18H21N3. The molecule has 0 fully saturated rings. The van der Waals surface area contributed by atoms with E-state index in [1.807, 2.05) is 12.1 Å². The number of hydrogen-bond acceptors (Lipinski definition) is 1. The van der Waals surface area contributed by atoms with Crippen molar-refractivity contribution in [1.29, 1.82) is 0 Å². The lowest BCUT2D eigenvalue weighted by Gasteiger charge is -2.08. The maximum absolute atomic E-state index is 5.99. The van der Waals surface area contributed by atoms with Gasteiger partial charge in [0, 0.05) is 5.69 Å². The third kappa shape index (κ3) is 3.24. The molecule has 0 heterocycles. The summed E-state index contributed by atoms with van der Waals surface area (Å²) < 4.78 is 0. The number of nitrogens with one attached hydrogen (secondary N) is 1. The topological polar surface area (TPSA) is 50.4 Å². The van der Waals surface area contributed by atoms with Crippen molar-refractivity contribution in [2.45, 2.75) is 32.7 Å². The van der Waals surface area contributed by atoms with E-state index < -0.39 is 0 Å². The van der Waals surface area contributed by atoms with Gasteiger partial charge in [0.25, 0.3) is 0 Å². The minimum atomic E-state index is 0.469. The molecule has 3 heteroatoms. The van der Waals surface area contributed by atoms with E-state index in [1.54, 1.807) is 0 Å². The first-order valence-corrected chi connectivity index (χ1v) is 7.45. The van der Waals surface area contributed by atoms with E-state index in [2.05, 4.69) is 47.6 Å². The number of rotatable bonds is 3. The van der Waals surface area contributed by atoms with Crippen LogP contribution in [0.3, 0.4) is 0 Å². The molecule has 0 bridgehead atoms. The third-order valence-electron chi connectivity index (χ3n) is 4.05. The molecule has 0 saturated heterocycles. The van der Waals surface area contributed by atoms with Gasteiger partial charge in [-0.15, -0.1) is 0 Å². The minimum absolute atomic E-state index is 0.469. The molecule has 1 aliphatic carbocycles. The van der Waals surface area contributed by atoms with Gasteiger partial charge in [-0.25, -0.2) is 4.99 Å². The summed E-state index contributed by atoms with van der Waals surface area (Å²) in [5, 5.41) is 3.19. The Morgan fingerprint density at radius 1 is 1.14 bits per heavy atom. The first-order chi connectivity index (χ1) is 10.2. The fourth-order valence-corrected chi connectivity index (χ4v) is 2.79. The normalized spacial score (nSPS) is 14.0. The predicted molar refractivity (Wildman–Crippen MR) is 88.6 cm³/mol. The van der Waals surface area contributed by atoms with Crippen molar-refractivity contribution >= 4 is 11.6 Å². The summed E-state index contributed by atoms with van der Waals surface area (Å²) in [5.74, 6) is 0.469. The zero-order valence-corrected chi connectivity index (χ0v) is 12.4. The van der Waals surface area contributed by atoms with Crippen molar-refractivity contribution in [1.82, 2.24) is 0 Å². The fourth-order valence-electron chi connectivity index (χ4n) is 2.79. The maximum atomic E-state index is 5.99. The van der Waals surface area contributed by atoms with Crippen LogP contribution in [0.2, 0.25) is 0 Å². The largest absolute Gasteiger partial charge is 0.370 e. The van der Waals surface area contributed by atoms with Crippen molar-refractivity contribution < 1.29 is 0 Å². The molecule has 0 radical (unpaired) electrons. The van der Waals surface area contributed by atoms with Crippen LogP contribution in [-0.2, 0) is 19.4 Å². The molecule has 0 unspecified atom stereocenters. The van der Waals surface area contributed by atoms with Crippen molar-refractivity contribution in [2.24, 2.45) is 10.7 Å². The van der Waals surface area contributed by atoms with Crippen molar-refractivity contribution in [2.75, 3.05) is 5.32 Å². The fraction of sp³-hybridized carbons (Fsp3) is 0.278. The number of benzene rings is 2. The van der Waals surface area contributed by atoms with Gasteiger partial charge >= 0.3 is 0 Å². The number of hydrogen-bond donors (Lipinski definition) is 2. The second-order valence-corrected chi connectivity index (χ2v) is 5.59. The van der Waals surface area contributed by atoms with Crippen LogP contribution in [0.15, 0.2) is 47.5 Å². The summed E-state index contributed by atoms with van der Waals surface area (Å²) in [6.07, 6.45) is 3.63. The molecule has 2 aromatic rings. The molecule has 108 valence electrons. The summed E-state index contributed by atoms with van der Waals surface area (Å²) in [6.45, 7) is 2.70. The Balaban J connectivity index is 1.67. The number of nitrogens with zero attached hydrogens (tertiary/aromatic N) is 1. The Morgan fingerprint density at radius 3 is 2.81 bits per heavy atom. The molecule has 0 aromatic heterocycles. The van der Waals surface area contributed by atoms with Crippen molar-refractivity contribution in [3.63, 3.8) is 0 Å². The van der Waals surface area contributed by atoms with Crippen molar-refractivity contribution in [3.05, 3.63) is 64.7 Å². The number of nitrogens with two attached hydrogens (primary N) is 1. The summed E-state index contributed by atoms with van der Waals surface area (Å²) in [7, 11) is 0. The first-order valence-electron chi connectivity index (χ1n) is 7.45. The molecule has 0 amide bonds. The monoisotopic (exact) mass is 279 g/mol. The van der Waals surface area contributed by atoms with Gasteiger partial charge in [0.1, 0.15) is 0 Å². The van der Waals surface area contributed by atoms with Crippen LogP contribution in [0.25, 0.3) is 0 Å². The molecule has 2 aromatic carbocycles. The number of fused-ring (bicyclic) bond motifs is 1. The highest BCUT2D eigenvalue weighted by Gasteiger charge is 2.10. The highest BCUT2D eigenvalue weighted by Crippen LogP contribution is 2.24. The van der Waals surface area contributed by atoms with Gasteiger partial charge in [0.05, 0.1) is 6.54 Å². The molecule has 3 nitrogen and oxygen atoms in total. The molecule has 21 heavy (non-hydrogen) atoms. The van der Waals surface area contributed by atoms with E-state index in [0.717, 1.165) is 5.69 Å². The minimum Gasteiger partial charge on any atom is -0.370 e. The lowest BCUT2D eigenvalue weighted by atomic mass is 10.1. The van der Waals surface area contributed by atoms with E-state index in [-0.39, 0.29) is 0 Å². The van der Waals surface area contributed by atoms with Gasteiger partial charge in [0.15, 0.2) is 5.96 Å². The molecule has 3 rings (SSSR count). The van der Waals surface area contributed by atoms with Crippen LogP contribution in [0.1, 0.15) is 28.7 Å². The SMILES string of the molecule is Cc1ccccc1CN=C(N)Nc1ccc2c(c1)CCC2. The summed E-state index contributed by atoms with van der Waals surface area (Å²) in [5.41, 5.74) is 12.4. The van der Waals surface area contributed by atoms with Crippen LogP contribution in [0.5, 0.6) is 0 Å². The van der Waals surface area contributed by atoms with Gasteiger partial charge in [-0.1, -0.05) is 30.3 Å². The van der Waals surface area contributed by atoms with E-state index in [9.17, 15) is 0 Å². The number of aryl methyl sites for hydroxylation is 3. The lowest BCUT2D eigenvalue weighted by Crippen LogP contribution is -2.22. The van der Waals surface area contributed by atoms with Gasteiger partial charge in [-0.3, -0.25) is 0 Å². The zero-order chi connectivity index (χ0) is 14.7. The average molecular weight is 279 g/mol. The Labute approximate surface area is 125 Å². The lowest BCUT2D eigenvalue weighted by molar-refractivity contribution is 0.912. The van der Waals surface area contributed by atoms with Gasteiger partial charge in [-0.05, 0) is 60.6 Å². The van der Waals surface area contributed by atoms with E-state index in [4.69, 9.17) is 5.73 Å². The molecule has 0 saturated carbocycles. The van der Waals surface area contributed by atoms with E-state index in [0.29, 0.717) is 12.5 Å². The molecular weight excluding hydrogens is 258 g/mol. The first kappa shape index (κ1) is 13.7. The van der Waals surface area contributed by atoms with Crippen LogP contribution < -0.4 is 11.1 Å². The Bertz CT molecular complexity index is 674. The molecule has 1 aliphatic rings. The van der Waals surface area contributed by atoms with Gasteiger partial charge in [0.2, 0.25) is 0 Å². The molecule has 0 atom stereocenters. The van der Waals surface area contributed by atoms with E-state index in [1.165, 1.54) is 41.5 Å². The Hall–Kier alpha value is -2.29. The summed E-state index contributed by atoms with van der Waals surface area (Å²) in [6, 6.07) is 14.7. The average Bonchev–Trinajstić information content (AvgIpc) is 2.94. The highest BCUT2D eigenvalue weighted by molar-refractivity contribution is 5.92. The van der Waals surface area contributed by atoms with Crippen LogP contribution in [0.4, 0.5) is 5.69 Å².